The highest BCUT2D eigenvalue weighted by atomic mass is 32.1. The minimum absolute atomic E-state index is 0.934. The van der Waals surface area contributed by atoms with Crippen LogP contribution >= 0.6 is 11.3 Å². The second-order valence-corrected chi connectivity index (χ2v) is 7.89. The van der Waals surface area contributed by atoms with E-state index in [0.29, 0.717) is 0 Å². The van der Waals surface area contributed by atoms with Crippen LogP contribution in [0.5, 0.6) is 0 Å². The zero-order valence-corrected chi connectivity index (χ0v) is 15.2. The van der Waals surface area contributed by atoms with Crippen LogP contribution in [0.3, 0.4) is 0 Å². The highest BCUT2D eigenvalue weighted by molar-refractivity contribution is 7.22. The number of furan rings is 1. The molecule has 0 saturated heterocycles. The van der Waals surface area contributed by atoms with Crippen molar-refractivity contribution in [2.75, 3.05) is 0 Å². The summed E-state index contributed by atoms with van der Waals surface area (Å²) in [7, 11) is 0. The molecule has 0 aliphatic heterocycles. The Morgan fingerprint density at radius 2 is 1.63 bits per heavy atom. The van der Waals surface area contributed by atoms with Gasteiger partial charge in [-0.3, -0.25) is 0 Å². The van der Waals surface area contributed by atoms with Crippen molar-refractivity contribution in [2.45, 2.75) is 0 Å². The van der Waals surface area contributed by atoms with E-state index in [0.717, 1.165) is 16.7 Å². The molecule has 0 fully saturated rings. The van der Waals surface area contributed by atoms with Crippen LogP contribution in [0.15, 0.2) is 89.5 Å². The van der Waals surface area contributed by atoms with Crippen LogP contribution in [0, 0.1) is 0 Å². The van der Waals surface area contributed by atoms with Gasteiger partial charge >= 0.3 is 0 Å². The van der Waals surface area contributed by atoms with Gasteiger partial charge in [-0.2, -0.15) is 0 Å². The summed E-state index contributed by atoms with van der Waals surface area (Å²) in [6, 6.07) is 28.0. The number of hydrogen-bond donors (Lipinski definition) is 1. The normalized spacial score (nSPS) is 11.7. The average molecular weight is 365 g/mol. The number of benzene rings is 3. The minimum atomic E-state index is 0.934. The van der Waals surface area contributed by atoms with E-state index in [4.69, 9.17) is 4.42 Å². The molecular formula is C24H15NOS. The van der Waals surface area contributed by atoms with Crippen LogP contribution in [0.2, 0.25) is 0 Å². The van der Waals surface area contributed by atoms with Crippen molar-refractivity contribution in [2.24, 2.45) is 0 Å². The first-order chi connectivity index (χ1) is 13.3. The molecule has 6 rings (SSSR count). The first-order valence-electron chi connectivity index (χ1n) is 8.93. The predicted molar refractivity (Wildman–Crippen MR) is 114 cm³/mol. The lowest BCUT2D eigenvalue weighted by Crippen LogP contribution is -1.76. The molecule has 0 unspecified atom stereocenters. The molecule has 0 saturated carbocycles. The van der Waals surface area contributed by atoms with Gasteiger partial charge in [0, 0.05) is 31.6 Å². The molecule has 0 aliphatic carbocycles. The Morgan fingerprint density at radius 3 is 2.59 bits per heavy atom. The van der Waals surface area contributed by atoms with Gasteiger partial charge in [0.1, 0.15) is 5.58 Å². The molecule has 2 nitrogen and oxygen atoms in total. The molecule has 6 aromatic rings. The van der Waals surface area contributed by atoms with Crippen molar-refractivity contribution < 1.29 is 4.42 Å². The van der Waals surface area contributed by atoms with E-state index in [-0.39, 0.29) is 0 Å². The van der Waals surface area contributed by atoms with Gasteiger partial charge in [0.05, 0.1) is 6.26 Å². The summed E-state index contributed by atoms with van der Waals surface area (Å²) in [5, 5.41) is 3.65. The van der Waals surface area contributed by atoms with E-state index in [9.17, 15) is 0 Å². The number of aromatic amines is 1. The first-order valence-corrected chi connectivity index (χ1v) is 9.74. The molecule has 3 heteroatoms. The van der Waals surface area contributed by atoms with Gasteiger partial charge in [-0.05, 0) is 59.0 Å². The zero-order valence-electron chi connectivity index (χ0n) is 14.4. The minimum Gasteiger partial charge on any atom is -0.464 e. The summed E-state index contributed by atoms with van der Waals surface area (Å²) in [6.45, 7) is 0. The number of fused-ring (bicyclic) bond motifs is 3. The summed E-state index contributed by atoms with van der Waals surface area (Å²) < 4.78 is 6.86. The number of H-pyrrole nitrogens is 1. The molecule has 0 radical (unpaired) electrons. The smallest absolute Gasteiger partial charge is 0.134 e. The van der Waals surface area contributed by atoms with Gasteiger partial charge in [-0.1, -0.05) is 36.4 Å². The maximum Gasteiger partial charge on any atom is 0.134 e. The van der Waals surface area contributed by atoms with Crippen molar-refractivity contribution in [3.05, 3.63) is 85.1 Å². The van der Waals surface area contributed by atoms with E-state index >= 15 is 0 Å². The van der Waals surface area contributed by atoms with Crippen LogP contribution < -0.4 is 0 Å². The Bertz CT molecular complexity index is 1400. The second-order valence-electron chi connectivity index (χ2n) is 6.81. The Labute approximate surface area is 159 Å². The molecule has 3 aromatic carbocycles. The lowest BCUT2D eigenvalue weighted by Gasteiger charge is -1.98. The lowest BCUT2D eigenvalue weighted by molar-refractivity contribution is 0.616. The van der Waals surface area contributed by atoms with Gasteiger partial charge in [0.15, 0.2) is 0 Å². The fourth-order valence-corrected chi connectivity index (χ4v) is 4.73. The quantitative estimate of drug-likeness (QED) is 0.339. The van der Waals surface area contributed by atoms with Crippen molar-refractivity contribution in [1.29, 1.82) is 0 Å². The molecular weight excluding hydrogens is 350 g/mol. The fraction of sp³-hybridized carbons (Fsp3) is 0. The number of aromatic nitrogens is 1. The monoisotopic (exact) mass is 365 g/mol. The third-order valence-electron chi connectivity index (χ3n) is 5.10. The van der Waals surface area contributed by atoms with Crippen molar-refractivity contribution in [3.63, 3.8) is 0 Å². The Balaban J connectivity index is 1.46. The van der Waals surface area contributed by atoms with Gasteiger partial charge in [0.2, 0.25) is 0 Å². The van der Waals surface area contributed by atoms with Crippen molar-refractivity contribution >= 4 is 43.3 Å². The third kappa shape index (κ3) is 2.40. The van der Waals surface area contributed by atoms with E-state index < -0.39 is 0 Å². The van der Waals surface area contributed by atoms with Crippen LogP contribution in [-0.4, -0.2) is 4.98 Å². The standard InChI is InChI=1S/C24H15NOS/c1-2-4-20-16(3-1)12-21(25-20)17-7-8-23-19(11-17)14-24(27-23)18-6-5-15-9-10-26-22(15)13-18/h1-14,25H. The van der Waals surface area contributed by atoms with E-state index in [1.165, 1.54) is 37.0 Å². The number of para-hydroxylation sites is 1. The zero-order chi connectivity index (χ0) is 17.8. The average Bonchev–Trinajstić information content (AvgIpc) is 3.42. The van der Waals surface area contributed by atoms with Gasteiger partial charge < -0.3 is 9.40 Å². The molecule has 0 atom stereocenters. The van der Waals surface area contributed by atoms with Crippen molar-refractivity contribution in [3.8, 4) is 21.7 Å². The van der Waals surface area contributed by atoms with Crippen LogP contribution in [0.4, 0.5) is 0 Å². The highest BCUT2D eigenvalue weighted by Gasteiger charge is 2.09. The van der Waals surface area contributed by atoms with E-state index in [1.54, 1.807) is 6.26 Å². The topological polar surface area (TPSA) is 28.9 Å². The summed E-state index contributed by atoms with van der Waals surface area (Å²) in [5.74, 6) is 0. The number of thiophene rings is 1. The molecule has 0 bridgehead atoms. The second kappa shape index (κ2) is 5.60. The molecule has 27 heavy (non-hydrogen) atoms. The lowest BCUT2D eigenvalue weighted by atomic mass is 10.1. The Morgan fingerprint density at radius 1 is 0.704 bits per heavy atom. The molecule has 0 amide bonds. The maximum atomic E-state index is 5.56. The highest BCUT2D eigenvalue weighted by Crippen LogP contribution is 2.37. The number of nitrogens with one attached hydrogen (secondary N) is 1. The summed E-state index contributed by atoms with van der Waals surface area (Å²) >= 11 is 1.82. The maximum absolute atomic E-state index is 5.56. The van der Waals surface area contributed by atoms with Crippen molar-refractivity contribution in [1.82, 2.24) is 4.98 Å². The molecule has 128 valence electrons. The van der Waals surface area contributed by atoms with Crippen LogP contribution in [0.1, 0.15) is 0 Å². The molecule has 3 aromatic heterocycles. The van der Waals surface area contributed by atoms with Gasteiger partial charge in [0.25, 0.3) is 0 Å². The third-order valence-corrected chi connectivity index (χ3v) is 6.26. The largest absolute Gasteiger partial charge is 0.464 e. The predicted octanol–water partition coefficient (Wildman–Crippen LogP) is 7.46. The van der Waals surface area contributed by atoms with E-state index in [2.05, 4.69) is 77.8 Å². The van der Waals surface area contributed by atoms with Gasteiger partial charge in [-0.25, -0.2) is 0 Å². The summed E-state index contributed by atoms with van der Waals surface area (Å²) in [6.07, 6.45) is 1.74. The molecule has 1 N–H and O–H groups in total. The molecule has 3 heterocycles. The number of rotatable bonds is 2. The fourth-order valence-electron chi connectivity index (χ4n) is 3.69. The summed E-state index contributed by atoms with van der Waals surface area (Å²) in [4.78, 5) is 4.78. The van der Waals surface area contributed by atoms with Gasteiger partial charge in [-0.15, -0.1) is 11.3 Å². The van der Waals surface area contributed by atoms with E-state index in [1.807, 2.05) is 17.4 Å². The summed E-state index contributed by atoms with van der Waals surface area (Å²) in [5.41, 5.74) is 5.67. The molecule has 0 spiro atoms. The number of hydrogen-bond acceptors (Lipinski definition) is 2. The SMILES string of the molecule is c1ccc2[nH]c(-c3ccc4sc(-c5ccc6ccoc6c5)cc4c3)cc2c1. The van der Waals surface area contributed by atoms with Crippen LogP contribution in [-0.2, 0) is 0 Å². The Kier molecular flexibility index (Phi) is 3.07. The molecule has 0 aliphatic rings. The Hall–Kier alpha value is -3.30. The first kappa shape index (κ1) is 14.8. The van der Waals surface area contributed by atoms with Crippen LogP contribution in [0.25, 0.3) is 53.7 Å².